The summed E-state index contributed by atoms with van der Waals surface area (Å²) in [6.45, 7) is 0. The van der Waals surface area contributed by atoms with Gasteiger partial charge < -0.3 is 10.3 Å². The third-order valence-corrected chi connectivity index (χ3v) is 6.02. The van der Waals surface area contributed by atoms with Gasteiger partial charge in [0.1, 0.15) is 5.69 Å². The average Bonchev–Trinajstić information content (AvgIpc) is 3.36. The quantitative estimate of drug-likeness (QED) is 0.393. The molecule has 1 aliphatic rings. The van der Waals surface area contributed by atoms with Crippen LogP contribution < -0.4 is 5.32 Å². The van der Waals surface area contributed by atoms with Gasteiger partial charge in [0.05, 0.1) is 17.6 Å². The number of hydrogen-bond donors (Lipinski definition) is 3. The van der Waals surface area contributed by atoms with Crippen LogP contribution in [-0.2, 0) is 4.79 Å². The summed E-state index contributed by atoms with van der Waals surface area (Å²) in [5, 5.41) is 12.6. The van der Waals surface area contributed by atoms with Crippen molar-refractivity contribution in [2.24, 2.45) is 5.92 Å². The van der Waals surface area contributed by atoms with E-state index in [-0.39, 0.29) is 11.8 Å². The van der Waals surface area contributed by atoms with E-state index in [2.05, 4.69) is 48.7 Å². The van der Waals surface area contributed by atoms with Gasteiger partial charge in [-0.1, -0.05) is 24.6 Å². The second-order valence-corrected chi connectivity index (χ2v) is 8.04. The number of nitrogens with zero attached hydrogens (tertiary/aromatic N) is 3. The minimum absolute atomic E-state index is 0.0784. The molecule has 5 aromatic rings. The number of anilines is 1. The predicted molar refractivity (Wildman–Crippen MR) is 120 cm³/mol. The van der Waals surface area contributed by atoms with Gasteiger partial charge in [-0.3, -0.25) is 14.9 Å². The predicted octanol–water partition coefficient (Wildman–Crippen LogP) is 4.91. The van der Waals surface area contributed by atoms with Crippen LogP contribution in [0, 0.1) is 5.92 Å². The molecular formula is C24H20N6O. The SMILES string of the molecule is O=C(Nc1cncc(-c2cnc3[nH]nc(-c4cc5ccccc5[nH]4)c3c2)c1)C1CCC1. The van der Waals surface area contributed by atoms with Crippen molar-refractivity contribution in [3.63, 3.8) is 0 Å². The lowest BCUT2D eigenvalue weighted by atomic mass is 9.85. The van der Waals surface area contributed by atoms with Gasteiger partial charge in [0, 0.05) is 45.7 Å². The maximum Gasteiger partial charge on any atom is 0.227 e. The van der Waals surface area contributed by atoms with E-state index in [0.29, 0.717) is 5.69 Å². The van der Waals surface area contributed by atoms with Crippen LogP contribution >= 0.6 is 0 Å². The number of H-pyrrole nitrogens is 2. The molecule has 152 valence electrons. The highest BCUT2D eigenvalue weighted by molar-refractivity contribution is 5.96. The lowest BCUT2D eigenvalue weighted by Gasteiger charge is -2.24. The van der Waals surface area contributed by atoms with Crippen molar-refractivity contribution in [1.82, 2.24) is 25.1 Å². The number of aromatic nitrogens is 5. The molecule has 0 radical (unpaired) electrons. The number of carbonyl (C=O) groups excluding carboxylic acids is 1. The van der Waals surface area contributed by atoms with Gasteiger partial charge in [0.2, 0.25) is 5.91 Å². The van der Waals surface area contributed by atoms with E-state index in [4.69, 9.17) is 0 Å². The summed E-state index contributed by atoms with van der Waals surface area (Å²) < 4.78 is 0. The van der Waals surface area contributed by atoms with Crippen molar-refractivity contribution < 1.29 is 4.79 Å². The van der Waals surface area contributed by atoms with Gasteiger partial charge in [-0.25, -0.2) is 4.98 Å². The van der Waals surface area contributed by atoms with Gasteiger partial charge in [-0.2, -0.15) is 5.10 Å². The molecule has 1 fully saturated rings. The Bertz CT molecular complexity index is 1400. The molecule has 6 rings (SSSR count). The summed E-state index contributed by atoms with van der Waals surface area (Å²) in [4.78, 5) is 24.6. The van der Waals surface area contributed by atoms with E-state index in [0.717, 1.165) is 63.7 Å². The number of benzene rings is 1. The number of aromatic amines is 2. The molecule has 4 heterocycles. The largest absolute Gasteiger partial charge is 0.353 e. The van der Waals surface area contributed by atoms with Crippen molar-refractivity contribution in [1.29, 1.82) is 0 Å². The molecule has 31 heavy (non-hydrogen) atoms. The molecule has 1 amide bonds. The molecule has 0 spiro atoms. The second kappa shape index (κ2) is 7.05. The van der Waals surface area contributed by atoms with Crippen LogP contribution in [0.3, 0.4) is 0 Å². The maximum absolute atomic E-state index is 12.3. The number of nitrogens with one attached hydrogen (secondary N) is 3. The first kappa shape index (κ1) is 17.8. The van der Waals surface area contributed by atoms with Crippen molar-refractivity contribution in [3.05, 3.63) is 61.1 Å². The summed E-state index contributed by atoms with van der Waals surface area (Å²) >= 11 is 0. The number of fused-ring (bicyclic) bond motifs is 2. The van der Waals surface area contributed by atoms with Crippen molar-refractivity contribution in [2.45, 2.75) is 19.3 Å². The summed E-state index contributed by atoms with van der Waals surface area (Å²) in [5.74, 6) is 0.209. The minimum atomic E-state index is 0.0784. The van der Waals surface area contributed by atoms with Crippen LogP contribution in [0.4, 0.5) is 5.69 Å². The van der Waals surface area contributed by atoms with Gasteiger partial charge in [0.15, 0.2) is 5.65 Å². The fraction of sp³-hybridized carbons (Fsp3) is 0.167. The number of para-hydroxylation sites is 1. The van der Waals surface area contributed by atoms with Crippen LogP contribution in [0.25, 0.3) is 44.5 Å². The highest BCUT2D eigenvalue weighted by Crippen LogP contribution is 2.32. The lowest BCUT2D eigenvalue weighted by Crippen LogP contribution is -2.28. The molecule has 7 nitrogen and oxygen atoms in total. The van der Waals surface area contributed by atoms with Gasteiger partial charge in [0.25, 0.3) is 0 Å². The van der Waals surface area contributed by atoms with E-state index < -0.39 is 0 Å². The Hall–Kier alpha value is -4.00. The first-order valence-electron chi connectivity index (χ1n) is 10.4. The third-order valence-electron chi connectivity index (χ3n) is 6.02. The Balaban J connectivity index is 1.37. The molecule has 1 saturated carbocycles. The molecule has 0 unspecified atom stereocenters. The van der Waals surface area contributed by atoms with E-state index in [1.165, 1.54) is 0 Å². The maximum atomic E-state index is 12.3. The number of amides is 1. The fourth-order valence-electron chi connectivity index (χ4n) is 4.05. The molecule has 7 heteroatoms. The van der Waals surface area contributed by atoms with Crippen molar-refractivity contribution in [2.75, 3.05) is 5.32 Å². The number of hydrogen-bond acceptors (Lipinski definition) is 4. The highest BCUT2D eigenvalue weighted by Gasteiger charge is 2.25. The zero-order valence-electron chi connectivity index (χ0n) is 16.7. The van der Waals surface area contributed by atoms with Crippen molar-refractivity contribution in [3.8, 4) is 22.5 Å². The zero-order valence-corrected chi connectivity index (χ0v) is 16.7. The molecule has 3 N–H and O–H groups in total. The average molecular weight is 408 g/mol. The van der Waals surface area contributed by atoms with Crippen LogP contribution in [-0.4, -0.2) is 31.1 Å². The molecule has 0 bridgehead atoms. The third kappa shape index (κ3) is 3.15. The summed E-state index contributed by atoms with van der Waals surface area (Å²) in [6.07, 6.45) is 8.33. The molecular weight excluding hydrogens is 388 g/mol. The summed E-state index contributed by atoms with van der Waals surface area (Å²) in [5.41, 5.74) is 6.06. The molecule has 1 aliphatic carbocycles. The number of pyridine rings is 2. The normalized spacial score (nSPS) is 14.1. The Morgan fingerprint density at radius 1 is 1.03 bits per heavy atom. The zero-order chi connectivity index (χ0) is 20.8. The van der Waals surface area contributed by atoms with E-state index in [1.807, 2.05) is 24.3 Å². The van der Waals surface area contributed by atoms with Crippen LogP contribution in [0.1, 0.15) is 19.3 Å². The van der Waals surface area contributed by atoms with E-state index in [9.17, 15) is 4.79 Å². The van der Waals surface area contributed by atoms with Gasteiger partial charge >= 0.3 is 0 Å². The monoisotopic (exact) mass is 408 g/mol. The molecule has 0 saturated heterocycles. The van der Waals surface area contributed by atoms with Gasteiger partial charge in [-0.15, -0.1) is 0 Å². The first-order valence-corrected chi connectivity index (χ1v) is 10.4. The van der Waals surface area contributed by atoms with E-state index in [1.54, 1.807) is 18.6 Å². The molecule has 0 atom stereocenters. The fourth-order valence-corrected chi connectivity index (χ4v) is 4.05. The summed E-state index contributed by atoms with van der Waals surface area (Å²) in [6, 6.07) is 14.2. The molecule has 4 aromatic heterocycles. The van der Waals surface area contributed by atoms with Gasteiger partial charge in [-0.05, 0) is 37.1 Å². The first-order chi connectivity index (χ1) is 15.2. The Labute approximate surface area is 177 Å². The molecule has 1 aromatic carbocycles. The molecule has 0 aliphatic heterocycles. The van der Waals surface area contributed by atoms with Crippen LogP contribution in [0.5, 0.6) is 0 Å². The second-order valence-electron chi connectivity index (χ2n) is 8.04. The van der Waals surface area contributed by atoms with E-state index >= 15 is 0 Å². The standard InChI is InChI=1S/C24H20N6O/c31-24(14-5-3-6-14)27-18-8-16(11-25-13-18)17-9-19-22(29-30-23(19)26-12-17)21-10-15-4-1-2-7-20(15)28-21/h1-2,4,7-14,28H,3,5-6H2,(H,27,31)(H,26,29,30). The number of carbonyl (C=O) groups is 1. The number of rotatable bonds is 4. The van der Waals surface area contributed by atoms with Crippen LogP contribution in [0.2, 0.25) is 0 Å². The van der Waals surface area contributed by atoms with Crippen molar-refractivity contribution >= 4 is 33.5 Å². The topological polar surface area (TPSA) is 99.3 Å². The Morgan fingerprint density at radius 3 is 2.74 bits per heavy atom. The highest BCUT2D eigenvalue weighted by atomic mass is 16.1. The minimum Gasteiger partial charge on any atom is -0.353 e. The Kier molecular flexibility index (Phi) is 4.06. The Morgan fingerprint density at radius 2 is 1.90 bits per heavy atom. The lowest BCUT2D eigenvalue weighted by molar-refractivity contribution is -0.122. The smallest absolute Gasteiger partial charge is 0.227 e. The summed E-state index contributed by atoms with van der Waals surface area (Å²) in [7, 11) is 0. The van der Waals surface area contributed by atoms with Crippen LogP contribution in [0.15, 0.2) is 61.1 Å².